The maximum atomic E-state index is 12.0. The summed E-state index contributed by atoms with van der Waals surface area (Å²) in [5.74, 6) is 0.205. The van der Waals surface area contributed by atoms with E-state index >= 15 is 0 Å². The van der Waals surface area contributed by atoms with Gasteiger partial charge in [0.05, 0.1) is 12.6 Å². The van der Waals surface area contributed by atoms with Gasteiger partial charge in [-0.2, -0.15) is 0 Å². The summed E-state index contributed by atoms with van der Waals surface area (Å²) < 4.78 is 0. The Hall–Kier alpha value is -1.06. The molecule has 0 aromatic heterocycles. The molecule has 0 aliphatic carbocycles. The van der Waals surface area contributed by atoms with E-state index in [1.807, 2.05) is 11.9 Å². The first kappa shape index (κ1) is 15.0. The Balaban J connectivity index is 0.00000162. The second kappa shape index (κ2) is 6.76. The lowest BCUT2D eigenvalue weighted by molar-refractivity contribution is -0.131. The van der Waals surface area contributed by atoms with Gasteiger partial charge in [0.25, 0.3) is 0 Å². The number of hydrogen-bond donors (Lipinski definition) is 1. The first-order valence-corrected chi connectivity index (χ1v) is 6.23. The van der Waals surface area contributed by atoms with Gasteiger partial charge in [-0.3, -0.25) is 4.79 Å². The number of rotatable bonds is 3. The summed E-state index contributed by atoms with van der Waals surface area (Å²) >= 11 is 0. The number of halogens is 1. The molecule has 1 aliphatic rings. The van der Waals surface area contributed by atoms with Gasteiger partial charge in [-0.25, -0.2) is 0 Å². The molecule has 1 aliphatic heterocycles. The molecule has 0 radical (unpaired) electrons. The monoisotopic (exact) mass is 268 g/mol. The zero-order chi connectivity index (χ0) is 12.3. The molecule has 3 nitrogen and oxygen atoms in total. The highest BCUT2D eigenvalue weighted by Gasteiger charge is 2.29. The number of hydrogen-bond acceptors (Lipinski definition) is 2. The van der Waals surface area contributed by atoms with Crippen molar-refractivity contribution in [1.82, 2.24) is 10.2 Å². The number of likely N-dealkylation sites (tertiary alicyclic amines) is 1. The van der Waals surface area contributed by atoms with Crippen LogP contribution < -0.4 is 5.32 Å². The first-order valence-electron chi connectivity index (χ1n) is 6.23. The smallest absolute Gasteiger partial charge is 0.237 e. The molecule has 1 heterocycles. The highest BCUT2D eigenvalue weighted by atomic mass is 35.5. The highest BCUT2D eigenvalue weighted by Crippen LogP contribution is 2.32. The second-order valence-corrected chi connectivity index (χ2v) is 4.69. The van der Waals surface area contributed by atoms with Crippen LogP contribution in [0, 0.1) is 6.92 Å². The summed E-state index contributed by atoms with van der Waals surface area (Å²) in [6, 6.07) is 8.76. The van der Waals surface area contributed by atoms with Crippen LogP contribution in [-0.2, 0) is 4.79 Å². The molecule has 0 saturated carbocycles. The number of benzene rings is 1. The molecular weight excluding hydrogens is 248 g/mol. The predicted molar refractivity (Wildman–Crippen MR) is 76.0 cm³/mol. The maximum Gasteiger partial charge on any atom is 0.237 e. The van der Waals surface area contributed by atoms with Gasteiger partial charge < -0.3 is 10.2 Å². The minimum atomic E-state index is 0. The van der Waals surface area contributed by atoms with E-state index in [9.17, 15) is 4.79 Å². The van der Waals surface area contributed by atoms with Crippen LogP contribution in [-0.4, -0.2) is 30.9 Å². The summed E-state index contributed by atoms with van der Waals surface area (Å²) in [6.45, 7) is 3.42. The lowest BCUT2D eigenvalue weighted by atomic mass is 10.0. The van der Waals surface area contributed by atoms with Crippen molar-refractivity contribution in [2.75, 3.05) is 20.1 Å². The van der Waals surface area contributed by atoms with Gasteiger partial charge in [-0.15, -0.1) is 12.4 Å². The van der Waals surface area contributed by atoms with Crippen molar-refractivity contribution in [3.05, 3.63) is 35.4 Å². The Morgan fingerprint density at radius 1 is 1.50 bits per heavy atom. The van der Waals surface area contributed by atoms with E-state index in [0.29, 0.717) is 6.54 Å². The van der Waals surface area contributed by atoms with E-state index in [0.717, 1.165) is 19.4 Å². The minimum Gasteiger partial charge on any atom is -0.335 e. The quantitative estimate of drug-likeness (QED) is 0.912. The fourth-order valence-corrected chi connectivity index (χ4v) is 2.54. The Labute approximate surface area is 115 Å². The Bertz CT molecular complexity index is 409. The van der Waals surface area contributed by atoms with Crippen LogP contribution in [0.4, 0.5) is 0 Å². The average Bonchev–Trinajstić information content (AvgIpc) is 2.78. The Morgan fingerprint density at radius 3 is 2.94 bits per heavy atom. The van der Waals surface area contributed by atoms with Crippen LogP contribution in [0.3, 0.4) is 0 Å². The summed E-state index contributed by atoms with van der Waals surface area (Å²) in [7, 11) is 1.82. The number of aryl methyl sites for hydroxylation is 1. The molecule has 100 valence electrons. The molecule has 4 heteroatoms. The molecular formula is C14H21ClN2O. The summed E-state index contributed by atoms with van der Waals surface area (Å²) in [5.41, 5.74) is 2.53. The third kappa shape index (κ3) is 3.24. The topological polar surface area (TPSA) is 32.3 Å². The van der Waals surface area contributed by atoms with E-state index < -0.39 is 0 Å². The largest absolute Gasteiger partial charge is 0.335 e. The maximum absolute atomic E-state index is 12.0. The van der Waals surface area contributed by atoms with E-state index in [2.05, 4.69) is 36.5 Å². The third-order valence-electron chi connectivity index (χ3n) is 3.33. The molecule has 1 amide bonds. The van der Waals surface area contributed by atoms with Gasteiger partial charge in [0.1, 0.15) is 0 Å². The van der Waals surface area contributed by atoms with Crippen LogP contribution in [0.1, 0.15) is 30.0 Å². The average molecular weight is 269 g/mol. The second-order valence-electron chi connectivity index (χ2n) is 4.69. The molecule has 1 N–H and O–H groups in total. The molecule has 1 unspecified atom stereocenters. The van der Waals surface area contributed by atoms with Gasteiger partial charge >= 0.3 is 0 Å². The van der Waals surface area contributed by atoms with Gasteiger partial charge in [0.2, 0.25) is 5.91 Å². The van der Waals surface area contributed by atoms with Crippen LogP contribution in [0.2, 0.25) is 0 Å². The first-order chi connectivity index (χ1) is 8.22. The van der Waals surface area contributed by atoms with Crippen molar-refractivity contribution in [3.63, 3.8) is 0 Å². The van der Waals surface area contributed by atoms with Gasteiger partial charge in [0.15, 0.2) is 0 Å². The van der Waals surface area contributed by atoms with E-state index in [-0.39, 0.29) is 24.4 Å². The fourth-order valence-electron chi connectivity index (χ4n) is 2.54. The predicted octanol–water partition coefficient (Wildman–Crippen LogP) is 2.30. The van der Waals surface area contributed by atoms with E-state index in [1.54, 1.807) is 0 Å². The van der Waals surface area contributed by atoms with Crippen molar-refractivity contribution in [3.8, 4) is 0 Å². The van der Waals surface area contributed by atoms with Crippen LogP contribution in [0.25, 0.3) is 0 Å². The zero-order valence-corrected chi connectivity index (χ0v) is 11.8. The molecule has 2 rings (SSSR count). The van der Waals surface area contributed by atoms with Gasteiger partial charge in [-0.1, -0.05) is 29.8 Å². The number of carbonyl (C=O) groups excluding carboxylic acids is 1. The third-order valence-corrected chi connectivity index (χ3v) is 3.33. The number of carbonyl (C=O) groups is 1. The molecule has 1 aromatic carbocycles. The summed E-state index contributed by atoms with van der Waals surface area (Å²) in [4.78, 5) is 14.0. The summed E-state index contributed by atoms with van der Waals surface area (Å²) in [5, 5.41) is 2.94. The molecule has 0 spiro atoms. The molecule has 18 heavy (non-hydrogen) atoms. The normalized spacial score (nSPS) is 18.6. The Morgan fingerprint density at radius 2 is 2.28 bits per heavy atom. The standard InChI is InChI=1S/C14H20N2O.ClH/c1-11-5-3-6-12(9-11)13-7-4-8-16(13)14(17)10-15-2;/h3,5-6,9,13,15H,4,7-8,10H2,1-2H3;1H. The number of likely N-dealkylation sites (N-methyl/N-ethyl adjacent to an activating group) is 1. The summed E-state index contributed by atoms with van der Waals surface area (Å²) in [6.07, 6.45) is 2.19. The SMILES string of the molecule is CNCC(=O)N1CCCC1c1cccc(C)c1.Cl. The number of nitrogens with zero attached hydrogens (tertiary/aromatic N) is 1. The zero-order valence-electron chi connectivity index (χ0n) is 11.0. The Kier molecular flexibility index (Phi) is 5.63. The van der Waals surface area contributed by atoms with Crippen LogP contribution in [0.15, 0.2) is 24.3 Å². The van der Waals surface area contributed by atoms with Crippen LogP contribution in [0.5, 0.6) is 0 Å². The lowest BCUT2D eigenvalue weighted by Crippen LogP contribution is -2.36. The van der Waals surface area contributed by atoms with E-state index in [4.69, 9.17) is 0 Å². The highest BCUT2D eigenvalue weighted by molar-refractivity contribution is 5.85. The van der Waals surface area contributed by atoms with Crippen LogP contribution >= 0.6 is 12.4 Å². The molecule has 1 fully saturated rings. The molecule has 1 aromatic rings. The van der Waals surface area contributed by atoms with Gasteiger partial charge in [-0.05, 0) is 32.4 Å². The van der Waals surface area contributed by atoms with Crippen molar-refractivity contribution in [2.24, 2.45) is 0 Å². The van der Waals surface area contributed by atoms with Crippen molar-refractivity contribution in [1.29, 1.82) is 0 Å². The molecule has 0 bridgehead atoms. The molecule has 1 atom stereocenters. The minimum absolute atomic E-state index is 0. The number of amides is 1. The van der Waals surface area contributed by atoms with E-state index in [1.165, 1.54) is 11.1 Å². The van der Waals surface area contributed by atoms with Crippen molar-refractivity contribution >= 4 is 18.3 Å². The number of nitrogens with one attached hydrogen (secondary N) is 1. The fraction of sp³-hybridized carbons (Fsp3) is 0.500. The van der Waals surface area contributed by atoms with Crippen molar-refractivity contribution in [2.45, 2.75) is 25.8 Å². The van der Waals surface area contributed by atoms with Crippen molar-refractivity contribution < 1.29 is 4.79 Å². The molecule has 1 saturated heterocycles. The lowest BCUT2D eigenvalue weighted by Gasteiger charge is -2.25. The van der Waals surface area contributed by atoms with Gasteiger partial charge in [0, 0.05) is 6.54 Å².